The van der Waals surface area contributed by atoms with Crippen LogP contribution in [0.3, 0.4) is 0 Å². The average molecular weight is 267 g/mol. The molecule has 0 aromatic rings. The molecule has 1 saturated heterocycles. The summed E-state index contributed by atoms with van der Waals surface area (Å²) in [4.78, 5) is 15.6. The van der Waals surface area contributed by atoms with Crippen LogP contribution < -0.4 is 5.32 Å². The van der Waals surface area contributed by atoms with Crippen molar-refractivity contribution in [1.29, 1.82) is 0 Å². The van der Waals surface area contributed by atoms with Gasteiger partial charge in [-0.3, -0.25) is 4.79 Å². The molecule has 1 aliphatic rings. The molecule has 0 aromatic carbocycles. The van der Waals surface area contributed by atoms with E-state index in [0.717, 1.165) is 19.5 Å². The van der Waals surface area contributed by atoms with Crippen LogP contribution in [0.4, 0.5) is 13.2 Å². The second kappa shape index (κ2) is 6.38. The van der Waals surface area contributed by atoms with Gasteiger partial charge in [0.25, 0.3) is 0 Å². The Kier molecular flexibility index (Phi) is 5.40. The highest BCUT2D eigenvalue weighted by atomic mass is 19.4. The molecule has 106 valence electrons. The molecule has 0 aromatic heterocycles. The number of hydrogen-bond acceptors (Lipinski definition) is 3. The standard InChI is InChI=1S/C11H20F3N3O/c1-9-7-16(2)4-3-5-17(9)10(18)6-15-8-11(12,13)14/h9,15H,3-8H2,1-2H3. The van der Waals surface area contributed by atoms with Gasteiger partial charge in [-0.1, -0.05) is 0 Å². The smallest absolute Gasteiger partial charge is 0.338 e. The maximum atomic E-state index is 11.9. The van der Waals surface area contributed by atoms with Gasteiger partial charge in [-0.15, -0.1) is 0 Å². The lowest BCUT2D eigenvalue weighted by Gasteiger charge is -2.28. The Morgan fingerprint density at radius 3 is 2.67 bits per heavy atom. The number of rotatable bonds is 3. The molecule has 4 nitrogen and oxygen atoms in total. The van der Waals surface area contributed by atoms with E-state index in [1.807, 2.05) is 14.0 Å². The summed E-state index contributed by atoms with van der Waals surface area (Å²) in [5.41, 5.74) is 0. The lowest BCUT2D eigenvalue weighted by Crippen LogP contribution is -2.46. The summed E-state index contributed by atoms with van der Waals surface area (Å²) in [5, 5.41) is 2.14. The van der Waals surface area contributed by atoms with E-state index in [2.05, 4.69) is 10.2 Å². The normalized spacial score (nSPS) is 22.9. The quantitative estimate of drug-likeness (QED) is 0.817. The predicted octanol–water partition coefficient (Wildman–Crippen LogP) is 0.691. The summed E-state index contributed by atoms with van der Waals surface area (Å²) in [6.45, 7) is 2.81. The Hall–Kier alpha value is -0.820. The van der Waals surface area contributed by atoms with Crippen molar-refractivity contribution in [2.75, 3.05) is 39.8 Å². The van der Waals surface area contributed by atoms with Crippen LogP contribution in [0.5, 0.6) is 0 Å². The van der Waals surface area contributed by atoms with Crippen LogP contribution in [0.15, 0.2) is 0 Å². The first kappa shape index (κ1) is 15.2. The van der Waals surface area contributed by atoms with Gasteiger partial charge < -0.3 is 15.1 Å². The molecule has 18 heavy (non-hydrogen) atoms. The molecule has 1 unspecified atom stereocenters. The van der Waals surface area contributed by atoms with Crippen LogP contribution in [0, 0.1) is 0 Å². The number of nitrogens with zero attached hydrogens (tertiary/aromatic N) is 2. The highest BCUT2D eigenvalue weighted by Crippen LogP contribution is 2.12. The van der Waals surface area contributed by atoms with Gasteiger partial charge in [0, 0.05) is 19.1 Å². The third-order valence-corrected chi connectivity index (χ3v) is 2.97. The second-order valence-corrected chi connectivity index (χ2v) is 4.77. The lowest BCUT2D eigenvalue weighted by atomic mass is 10.2. The number of halogens is 3. The van der Waals surface area contributed by atoms with Crippen LogP contribution in [-0.4, -0.2) is 67.7 Å². The van der Waals surface area contributed by atoms with Crippen molar-refractivity contribution in [3.8, 4) is 0 Å². The summed E-state index contributed by atoms with van der Waals surface area (Å²) in [6, 6.07) is 0.0395. The Morgan fingerprint density at radius 2 is 2.06 bits per heavy atom. The molecule has 1 rings (SSSR count). The zero-order valence-electron chi connectivity index (χ0n) is 10.8. The second-order valence-electron chi connectivity index (χ2n) is 4.77. The first-order valence-corrected chi connectivity index (χ1v) is 6.05. The first-order chi connectivity index (χ1) is 8.29. The zero-order chi connectivity index (χ0) is 13.8. The number of carbonyl (C=O) groups is 1. The average Bonchev–Trinajstić information content (AvgIpc) is 2.37. The van der Waals surface area contributed by atoms with Gasteiger partial charge in [-0.25, -0.2) is 0 Å². The number of amides is 1. The Bertz CT molecular complexity index is 283. The molecule has 1 N–H and O–H groups in total. The monoisotopic (exact) mass is 267 g/mol. The van der Waals surface area contributed by atoms with Crippen molar-refractivity contribution in [3.63, 3.8) is 0 Å². The van der Waals surface area contributed by atoms with Crippen LogP contribution >= 0.6 is 0 Å². The van der Waals surface area contributed by atoms with Gasteiger partial charge >= 0.3 is 6.18 Å². The van der Waals surface area contributed by atoms with Gasteiger partial charge in [0.1, 0.15) is 0 Å². The molecule has 1 fully saturated rings. The molecule has 0 bridgehead atoms. The molecule has 0 saturated carbocycles. The number of nitrogens with one attached hydrogen (secondary N) is 1. The zero-order valence-corrected chi connectivity index (χ0v) is 10.8. The number of hydrogen-bond donors (Lipinski definition) is 1. The summed E-state index contributed by atoms with van der Waals surface area (Å²) in [5.74, 6) is -0.262. The molecule has 1 heterocycles. The third-order valence-electron chi connectivity index (χ3n) is 2.97. The third kappa shape index (κ3) is 5.22. The van der Waals surface area contributed by atoms with E-state index in [9.17, 15) is 18.0 Å². The minimum absolute atomic E-state index is 0.0395. The van der Waals surface area contributed by atoms with Crippen LogP contribution in [0.2, 0.25) is 0 Å². The highest BCUT2D eigenvalue weighted by molar-refractivity contribution is 5.78. The van der Waals surface area contributed by atoms with Gasteiger partial charge in [0.05, 0.1) is 13.1 Å². The maximum Gasteiger partial charge on any atom is 0.401 e. The summed E-state index contributed by atoms with van der Waals surface area (Å²) >= 11 is 0. The molecule has 0 radical (unpaired) electrons. The minimum atomic E-state index is -4.27. The molecule has 1 atom stereocenters. The Balaban J connectivity index is 2.40. The van der Waals surface area contributed by atoms with Gasteiger partial charge in [0.15, 0.2) is 0 Å². The summed E-state index contributed by atoms with van der Waals surface area (Å²) < 4.78 is 35.8. The van der Waals surface area contributed by atoms with E-state index in [0.29, 0.717) is 6.54 Å². The van der Waals surface area contributed by atoms with E-state index in [1.54, 1.807) is 4.90 Å². The molecular weight excluding hydrogens is 247 g/mol. The fourth-order valence-corrected chi connectivity index (χ4v) is 2.16. The van der Waals surface area contributed by atoms with Gasteiger partial charge in [-0.2, -0.15) is 13.2 Å². The van der Waals surface area contributed by atoms with Gasteiger partial charge in [-0.05, 0) is 26.9 Å². The molecule has 0 aliphatic carbocycles. The van der Waals surface area contributed by atoms with Crippen LogP contribution in [0.25, 0.3) is 0 Å². The van der Waals surface area contributed by atoms with E-state index in [4.69, 9.17) is 0 Å². The van der Waals surface area contributed by atoms with Crippen molar-refractivity contribution < 1.29 is 18.0 Å². The molecule has 1 amide bonds. The number of alkyl halides is 3. The highest BCUT2D eigenvalue weighted by Gasteiger charge is 2.28. The largest absolute Gasteiger partial charge is 0.401 e. The van der Waals surface area contributed by atoms with Crippen molar-refractivity contribution in [3.05, 3.63) is 0 Å². The van der Waals surface area contributed by atoms with Crippen molar-refractivity contribution in [1.82, 2.24) is 15.1 Å². The Labute approximate surface area is 105 Å². The van der Waals surface area contributed by atoms with Gasteiger partial charge in [0.2, 0.25) is 5.91 Å². The van der Waals surface area contributed by atoms with E-state index >= 15 is 0 Å². The maximum absolute atomic E-state index is 11.9. The predicted molar refractivity (Wildman–Crippen MR) is 62.2 cm³/mol. The lowest BCUT2D eigenvalue weighted by molar-refractivity contribution is -0.135. The van der Waals surface area contributed by atoms with Crippen molar-refractivity contribution >= 4 is 5.91 Å². The molecule has 0 spiro atoms. The van der Waals surface area contributed by atoms with E-state index < -0.39 is 12.7 Å². The van der Waals surface area contributed by atoms with Crippen molar-refractivity contribution in [2.24, 2.45) is 0 Å². The number of likely N-dealkylation sites (N-methyl/N-ethyl adjacent to an activating group) is 1. The van der Waals surface area contributed by atoms with E-state index in [1.165, 1.54) is 0 Å². The number of carbonyl (C=O) groups excluding carboxylic acids is 1. The topological polar surface area (TPSA) is 35.6 Å². The fraction of sp³-hybridized carbons (Fsp3) is 0.909. The summed E-state index contributed by atoms with van der Waals surface area (Å²) in [6.07, 6.45) is -3.42. The Morgan fingerprint density at radius 1 is 1.39 bits per heavy atom. The molecule has 1 aliphatic heterocycles. The minimum Gasteiger partial charge on any atom is -0.338 e. The van der Waals surface area contributed by atoms with Crippen molar-refractivity contribution in [2.45, 2.75) is 25.6 Å². The fourth-order valence-electron chi connectivity index (χ4n) is 2.16. The van der Waals surface area contributed by atoms with E-state index in [-0.39, 0.29) is 18.5 Å². The molecule has 7 heteroatoms. The van der Waals surface area contributed by atoms with Crippen LogP contribution in [0.1, 0.15) is 13.3 Å². The summed E-state index contributed by atoms with van der Waals surface area (Å²) in [7, 11) is 1.98. The van der Waals surface area contributed by atoms with Crippen LogP contribution in [-0.2, 0) is 4.79 Å². The SMILES string of the molecule is CC1CN(C)CCCN1C(=O)CNCC(F)(F)F. The molecular formula is C11H20F3N3O. The first-order valence-electron chi connectivity index (χ1n) is 6.05.